The van der Waals surface area contributed by atoms with Gasteiger partial charge in [-0.2, -0.15) is 8.42 Å². The average molecular weight is 216 g/mol. The number of aryl methyl sites for hydroxylation is 1. The number of hydrogen-bond acceptors (Lipinski definition) is 3. The molecule has 0 atom stereocenters. The van der Waals surface area contributed by atoms with Crippen molar-refractivity contribution < 1.29 is 17.7 Å². The molecule has 0 spiro atoms. The van der Waals surface area contributed by atoms with Gasteiger partial charge in [0.15, 0.2) is 0 Å². The first-order chi connectivity index (χ1) is 6.47. The van der Waals surface area contributed by atoms with E-state index in [2.05, 4.69) is 0 Å². The molecule has 0 saturated carbocycles. The van der Waals surface area contributed by atoms with Crippen LogP contribution in [0.2, 0.25) is 0 Å². The highest BCUT2D eigenvalue weighted by Crippen LogP contribution is 2.10. The van der Waals surface area contributed by atoms with E-state index in [9.17, 15) is 8.42 Å². The van der Waals surface area contributed by atoms with E-state index in [0.717, 1.165) is 5.56 Å². The Hall–Kier alpha value is -1.07. The van der Waals surface area contributed by atoms with E-state index in [-0.39, 0.29) is 12.4 Å². The SMILES string of the molecule is Cc1ccc(OCCS(=O)(=O)O)cc1. The second kappa shape index (κ2) is 4.43. The molecule has 1 aromatic rings. The number of ether oxygens (including phenoxy) is 1. The third-order valence-corrected chi connectivity index (χ3v) is 2.31. The second-order valence-corrected chi connectivity index (χ2v) is 4.52. The molecule has 0 aromatic heterocycles. The summed E-state index contributed by atoms with van der Waals surface area (Å²) in [6, 6.07) is 7.23. The molecule has 0 fully saturated rings. The fraction of sp³-hybridized carbons (Fsp3) is 0.333. The van der Waals surface area contributed by atoms with Gasteiger partial charge < -0.3 is 4.74 Å². The van der Waals surface area contributed by atoms with Crippen LogP contribution >= 0.6 is 0 Å². The number of hydrogen-bond donors (Lipinski definition) is 1. The molecule has 4 nitrogen and oxygen atoms in total. The van der Waals surface area contributed by atoms with Crippen molar-refractivity contribution in [3.8, 4) is 5.75 Å². The summed E-state index contributed by atoms with van der Waals surface area (Å²) in [4.78, 5) is 0. The summed E-state index contributed by atoms with van der Waals surface area (Å²) in [6.45, 7) is 1.91. The molecule has 14 heavy (non-hydrogen) atoms. The van der Waals surface area contributed by atoms with Gasteiger partial charge in [-0.1, -0.05) is 17.7 Å². The van der Waals surface area contributed by atoms with Crippen LogP contribution < -0.4 is 4.74 Å². The lowest BCUT2D eigenvalue weighted by Gasteiger charge is -2.04. The van der Waals surface area contributed by atoms with Gasteiger partial charge in [0.25, 0.3) is 10.1 Å². The molecule has 0 heterocycles. The molecule has 0 aliphatic heterocycles. The lowest BCUT2D eigenvalue weighted by molar-refractivity contribution is 0.336. The van der Waals surface area contributed by atoms with Gasteiger partial charge in [-0.05, 0) is 19.1 Å². The summed E-state index contributed by atoms with van der Waals surface area (Å²) in [7, 11) is -3.93. The van der Waals surface area contributed by atoms with Gasteiger partial charge in [0.1, 0.15) is 18.1 Å². The third-order valence-electron chi connectivity index (χ3n) is 1.63. The van der Waals surface area contributed by atoms with Crippen molar-refractivity contribution in [3.63, 3.8) is 0 Å². The van der Waals surface area contributed by atoms with Gasteiger partial charge in [-0.3, -0.25) is 4.55 Å². The normalized spacial score (nSPS) is 11.3. The van der Waals surface area contributed by atoms with Crippen molar-refractivity contribution in [2.45, 2.75) is 6.92 Å². The Kier molecular flexibility index (Phi) is 3.49. The summed E-state index contributed by atoms with van der Waals surface area (Å²) in [5.41, 5.74) is 1.10. The molecule has 0 unspecified atom stereocenters. The Morgan fingerprint density at radius 1 is 1.29 bits per heavy atom. The predicted octanol–water partition coefficient (Wildman–Crippen LogP) is 1.26. The lowest BCUT2D eigenvalue weighted by Crippen LogP contribution is -2.12. The van der Waals surface area contributed by atoms with Crippen LogP contribution in [-0.4, -0.2) is 25.3 Å². The Labute approximate surface area is 83.3 Å². The lowest BCUT2D eigenvalue weighted by atomic mass is 10.2. The van der Waals surface area contributed by atoms with Crippen LogP contribution in [0, 0.1) is 6.92 Å². The van der Waals surface area contributed by atoms with Gasteiger partial charge in [0.2, 0.25) is 0 Å². The van der Waals surface area contributed by atoms with Crippen LogP contribution in [-0.2, 0) is 10.1 Å². The maximum Gasteiger partial charge on any atom is 0.268 e. The minimum atomic E-state index is -3.93. The minimum absolute atomic E-state index is 0.0398. The zero-order valence-corrected chi connectivity index (χ0v) is 8.62. The van der Waals surface area contributed by atoms with Crippen molar-refractivity contribution >= 4 is 10.1 Å². The monoisotopic (exact) mass is 216 g/mol. The highest BCUT2D eigenvalue weighted by Gasteiger charge is 2.03. The summed E-state index contributed by atoms with van der Waals surface area (Å²) in [5.74, 6) is 0.209. The average Bonchev–Trinajstić information content (AvgIpc) is 2.06. The first kappa shape index (κ1) is 11.0. The highest BCUT2D eigenvalue weighted by molar-refractivity contribution is 7.85. The Bertz CT molecular complexity index is 380. The summed E-state index contributed by atoms with van der Waals surface area (Å²) < 4.78 is 34.2. The molecule has 78 valence electrons. The van der Waals surface area contributed by atoms with Gasteiger partial charge in [-0.15, -0.1) is 0 Å². The van der Waals surface area contributed by atoms with E-state index in [1.54, 1.807) is 12.1 Å². The largest absolute Gasteiger partial charge is 0.492 e. The van der Waals surface area contributed by atoms with E-state index in [1.165, 1.54) is 0 Å². The van der Waals surface area contributed by atoms with Crippen molar-refractivity contribution in [1.82, 2.24) is 0 Å². The smallest absolute Gasteiger partial charge is 0.268 e. The number of benzene rings is 1. The van der Waals surface area contributed by atoms with Crippen LogP contribution in [0.4, 0.5) is 0 Å². The summed E-state index contributed by atoms with van der Waals surface area (Å²) in [6.07, 6.45) is 0. The molecule has 0 amide bonds. The molecular formula is C9H12O4S. The van der Waals surface area contributed by atoms with E-state index in [1.807, 2.05) is 19.1 Å². The number of rotatable bonds is 4. The Balaban J connectivity index is 2.43. The second-order valence-electron chi connectivity index (χ2n) is 2.95. The maximum absolute atomic E-state index is 10.4. The molecule has 0 saturated heterocycles. The molecule has 5 heteroatoms. The third kappa shape index (κ3) is 4.25. The molecule has 1 aromatic carbocycles. The van der Waals surface area contributed by atoms with E-state index in [4.69, 9.17) is 9.29 Å². The van der Waals surface area contributed by atoms with Gasteiger partial charge in [-0.25, -0.2) is 0 Å². The van der Waals surface area contributed by atoms with Crippen LogP contribution in [0.5, 0.6) is 5.75 Å². The quantitative estimate of drug-likeness (QED) is 0.770. The van der Waals surface area contributed by atoms with Crippen LogP contribution in [0.1, 0.15) is 5.56 Å². The fourth-order valence-electron chi connectivity index (χ4n) is 0.899. The van der Waals surface area contributed by atoms with E-state index in [0.29, 0.717) is 5.75 Å². The van der Waals surface area contributed by atoms with Gasteiger partial charge in [0, 0.05) is 0 Å². The topological polar surface area (TPSA) is 63.6 Å². The summed E-state index contributed by atoms with van der Waals surface area (Å²) >= 11 is 0. The van der Waals surface area contributed by atoms with Crippen LogP contribution in [0.25, 0.3) is 0 Å². The molecular weight excluding hydrogens is 204 g/mol. The standard InChI is InChI=1S/C9H12O4S/c1-8-2-4-9(5-3-8)13-6-7-14(10,11)12/h2-5H,6-7H2,1H3,(H,10,11,12). The molecule has 0 aliphatic carbocycles. The Morgan fingerprint density at radius 2 is 1.86 bits per heavy atom. The first-order valence-corrected chi connectivity index (χ1v) is 5.73. The fourth-order valence-corrected chi connectivity index (χ4v) is 1.19. The van der Waals surface area contributed by atoms with Gasteiger partial charge >= 0.3 is 0 Å². The van der Waals surface area contributed by atoms with Gasteiger partial charge in [0.05, 0.1) is 0 Å². The summed E-state index contributed by atoms with van der Waals surface area (Å²) in [5, 5.41) is 0. The predicted molar refractivity (Wildman–Crippen MR) is 53.1 cm³/mol. The zero-order chi connectivity index (χ0) is 10.6. The van der Waals surface area contributed by atoms with Crippen LogP contribution in [0.15, 0.2) is 24.3 Å². The molecule has 1 rings (SSSR count). The maximum atomic E-state index is 10.4. The van der Waals surface area contributed by atoms with Crippen molar-refractivity contribution in [3.05, 3.63) is 29.8 Å². The molecule has 0 aliphatic rings. The zero-order valence-electron chi connectivity index (χ0n) is 7.80. The molecule has 1 N–H and O–H groups in total. The van der Waals surface area contributed by atoms with Crippen LogP contribution in [0.3, 0.4) is 0 Å². The van der Waals surface area contributed by atoms with E-state index < -0.39 is 10.1 Å². The van der Waals surface area contributed by atoms with Crippen molar-refractivity contribution in [2.75, 3.05) is 12.4 Å². The van der Waals surface area contributed by atoms with Crippen molar-refractivity contribution in [1.29, 1.82) is 0 Å². The van der Waals surface area contributed by atoms with E-state index >= 15 is 0 Å². The minimum Gasteiger partial charge on any atom is -0.492 e. The first-order valence-electron chi connectivity index (χ1n) is 4.12. The highest BCUT2D eigenvalue weighted by atomic mass is 32.2. The van der Waals surface area contributed by atoms with Crippen molar-refractivity contribution in [2.24, 2.45) is 0 Å². The Morgan fingerprint density at radius 3 is 2.36 bits per heavy atom. The molecule has 0 bridgehead atoms. The molecule has 0 radical (unpaired) electrons.